The van der Waals surface area contributed by atoms with Gasteiger partial charge in [0.15, 0.2) is 11.0 Å². The zero-order chi connectivity index (χ0) is 20.5. The maximum atomic E-state index is 12.9. The predicted molar refractivity (Wildman–Crippen MR) is 120 cm³/mol. The van der Waals surface area contributed by atoms with E-state index in [1.807, 2.05) is 59.6 Å². The summed E-state index contributed by atoms with van der Waals surface area (Å²) in [6, 6.07) is 13.9. The topological polar surface area (TPSA) is 83.9 Å². The molecule has 2 atom stereocenters. The Balaban J connectivity index is 1.39. The fourth-order valence-electron chi connectivity index (χ4n) is 3.50. The predicted octanol–water partition coefficient (Wildman–Crippen LogP) is 3.82. The lowest BCUT2D eigenvalue weighted by Crippen LogP contribution is -2.39. The molecule has 0 bridgehead atoms. The van der Waals surface area contributed by atoms with E-state index in [1.54, 1.807) is 17.5 Å². The number of aryl methyl sites for hydroxylation is 1. The van der Waals surface area contributed by atoms with Crippen LogP contribution < -0.4 is 16.2 Å². The van der Waals surface area contributed by atoms with Gasteiger partial charge in [0.05, 0.1) is 16.6 Å². The lowest BCUT2D eigenvalue weighted by molar-refractivity contribution is -0.117. The Morgan fingerprint density at radius 1 is 1.20 bits per heavy atom. The Labute approximate surface area is 181 Å². The summed E-state index contributed by atoms with van der Waals surface area (Å²) < 4.78 is 1.96. The van der Waals surface area contributed by atoms with Crippen molar-refractivity contribution in [2.24, 2.45) is 7.05 Å². The van der Waals surface area contributed by atoms with E-state index in [1.165, 1.54) is 16.2 Å². The summed E-state index contributed by atoms with van der Waals surface area (Å²) in [7, 11) is 1.95. The number of rotatable bonds is 5. The highest BCUT2D eigenvalue weighted by Crippen LogP contribution is 2.38. The molecule has 0 aliphatic carbocycles. The van der Waals surface area contributed by atoms with Crippen LogP contribution in [-0.4, -0.2) is 26.5 Å². The summed E-state index contributed by atoms with van der Waals surface area (Å²) in [5, 5.41) is 5.61. The van der Waals surface area contributed by atoms with Crippen LogP contribution in [0.25, 0.3) is 22.0 Å². The normalized spacial score (nSPS) is 18.6. The molecule has 152 valence electrons. The summed E-state index contributed by atoms with van der Waals surface area (Å²) in [4.78, 5) is 24.2. The molecule has 4 heterocycles. The average Bonchev–Trinajstić information content (AvgIpc) is 3.54. The number of thiazole rings is 1. The van der Waals surface area contributed by atoms with Gasteiger partial charge >= 0.3 is 0 Å². The largest absolute Gasteiger partial charge is 0.333 e. The molecule has 1 aromatic carbocycles. The molecule has 1 amide bonds. The van der Waals surface area contributed by atoms with Gasteiger partial charge in [-0.3, -0.25) is 4.79 Å². The van der Waals surface area contributed by atoms with E-state index in [2.05, 4.69) is 27.2 Å². The molecule has 0 saturated carbocycles. The van der Waals surface area contributed by atoms with Gasteiger partial charge < -0.3 is 9.88 Å². The van der Waals surface area contributed by atoms with Crippen LogP contribution in [0, 0.1) is 0 Å². The number of carbonyl (C=O) groups is 1. The maximum Gasteiger partial charge on any atom is 0.244 e. The molecule has 3 aromatic heterocycles. The molecule has 7 nitrogen and oxygen atoms in total. The molecule has 4 aromatic rings. The Hall–Kier alpha value is -2.85. The Morgan fingerprint density at radius 3 is 2.80 bits per heavy atom. The number of amides is 1. The second-order valence-electron chi connectivity index (χ2n) is 7.06. The van der Waals surface area contributed by atoms with Gasteiger partial charge in [-0.1, -0.05) is 47.7 Å². The highest BCUT2D eigenvalue weighted by atomic mass is 32.1. The summed E-state index contributed by atoms with van der Waals surface area (Å²) in [6.45, 7) is 0. The molecule has 30 heavy (non-hydrogen) atoms. The second-order valence-corrected chi connectivity index (χ2v) is 9.04. The second kappa shape index (κ2) is 8.11. The maximum absolute atomic E-state index is 12.9. The third-order valence-corrected chi connectivity index (χ3v) is 6.99. The van der Waals surface area contributed by atoms with Gasteiger partial charge in [-0.05, 0) is 17.9 Å². The molecular weight excluding hydrogens is 416 g/mol. The third kappa shape index (κ3) is 3.68. The van der Waals surface area contributed by atoms with Crippen LogP contribution in [0.4, 0.5) is 5.13 Å². The first-order valence-electron chi connectivity index (χ1n) is 9.58. The van der Waals surface area contributed by atoms with Crippen molar-refractivity contribution in [1.82, 2.24) is 25.4 Å². The molecule has 9 heteroatoms. The lowest BCUT2D eigenvalue weighted by Gasteiger charge is -2.08. The van der Waals surface area contributed by atoms with Crippen LogP contribution in [0.5, 0.6) is 0 Å². The van der Waals surface area contributed by atoms with Gasteiger partial charge in [0.2, 0.25) is 5.91 Å². The van der Waals surface area contributed by atoms with Gasteiger partial charge in [-0.15, -0.1) is 11.3 Å². The van der Waals surface area contributed by atoms with Crippen molar-refractivity contribution in [3.05, 3.63) is 65.1 Å². The van der Waals surface area contributed by atoms with Crippen molar-refractivity contribution in [1.29, 1.82) is 0 Å². The minimum atomic E-state index is -0.321. The summed E-state index contributed by atoms with van der Waals surface area (Å²) >= 11 is 3.13. The van der Waals surface area contributed by atoms with Gasteiger partial charge in [-0.2, -0.15) is 0 Å². The fraction of sp³-hybridized carbons (Fsp3) is 0.190. The molecule has 1 aliphatic heterocycles. The first-order chi connectivity index (χ1) is 14.7. The van der Waals surface area contributed by atoms with Gasteiger partial charge in [0.25, 0.3) is 0 Å². The number of nitrogens with one attached hydrogen (secondary N) is 3. The number of hydrogen-bond acceptors (Lipinski definition) is 7. The average molecular weight is 437 g/mol. The van der Waals surface area contributed by atoms with Crippen LogP contribution in [0.1, 0.15) is 17.3 Å². The van der Waals surface area contributed by atoms with Gasteiger partial charge in [-0.25, -0.2) is 20.8 Å². The zero-order valence-corrected chi connectivity index (χ0v) is 17.8. The van der Waals surface area contributed by atoms with E-state index in [4.69, 9.17) is 4.98 Å². The molecule has 2 unspecified atom stereocenters. The van der Waals surface area contributed by atoms with Gasteiger partial charge in [0, 0.05) is 29.9 Å². The molecule has 0 spiro atoms. The van der Waals surface area contributed by atoms with E-state index in [0.717, 1.165) is 22.0 Å². The number of aromatic nitrogens is 3. The molecule has 0 radical (unpaired) electrons. The highest BCUT2D eigenvalue weighted by molar-refractivity contribution is 7.19. The molecule has 1 fully saturated rings. The van der Waals surface area contributed by atoms with Crippen LogP contribution in [-0.2, 0) is 11.8 Å². The zero-order valence-electron chi connectivity index (χ0n) is 16.2. The van der Waals surface area contributed by atoms with Crippen molar-refractivity contribution < 1.29 is 4.79 Å². The van der Waals surface area contributed by atoms with E-state index in [-0.39, 0.29) is 18.0 Å². The molecule has 5 rings (SSSR count). The number of benzene rings is 1. The van der Waals surface area contributed by atoms with E-state index in [9.17, 15) is 4.79 Å². The van der Waals surface area contributed by atoms with Crippen LogP contribution in [0.3, 0.4) is 0 Å². The van der Waals surface area contributed by atoms with Crippen molar-refractivity contribution in [2.45, 2.75) is 18.5 Å². The Kier molecular flexibility index (Phi) is 5.17. The minimum absolute atomic E-state index is 0.0960. The molecule has 1 saturated heterocycles. The third-order valence-electron chi connectivity index (χ3n) is 5.04. The van der Waals surface area contributed by atoms with Crippen molar-refractivity contribution >= 4 is 33.7 Å². The summed E-state index contributed by atoms with van der Waals surface area (Å²) in [6.07, 6.45) is 4.36. The monoisotopic (exact) mass is 436 g/mol. The number of hydrogen-bond donors (Lipinski definition) is 3. The lowest BCUT2D eigenvalue weighted by atomic mass is 10.1. The van der Waals surface area contributed by atoms with Crippen molar-refractivity contribution in [2.75, 3.05) is 5.32 Å². The van der Waals surface area contributed by atoms with E-state index >= 15 is 0 Å². The Bertz CT molecular complexity index is 1150. The van der Waals surface area contributed by atoms with Crippen LogP contribution in [0.15, 0.2) is 60.2 Å². The first kappa shape index (κ1) is 19.1. The van der Waals surface area contributed by atoms with E-state index < -0.39 is 0 Å². The fourth-order valence-corrected chi connectivity index (χ4v) is 5.32. The van der Waals surface area contributed by atoms with E-state index in [0.29, 0.717) is 11.6 Å². The minimum Gasteiger partial charge on any atom is -0.333 e. The molecular formula is C21H20N6OS2. The van der Waals surface area contributed by atoms with Crippen molar-refractivity contribution in [3.8, 4) is 22.0 Å². The number of hydrazine groups is 1. The summed E-state index contributed by atoms with van der Waals surface area (Å²) in [5.74, 6) is 0.728. The number of anilines is 1. The van der Waals surface area contributed by atoms with Crippen LogP contribution in [0.2, 0.25) is 0 Å². The van der Waals surface area contributed by atoms with Crippen LogP contribution >= 0.6 is 22.7 Å². The number of carbonyl (C=O) groups excluding carboxylic acids is 1. The summed E-state index contributed by atoms with van der Waals surface area (Å²) in [5.41, 5.74) is 8.14. The van der Waals surface area contributed by atoms with Gasteiger partial charge in [0.1, 0.15) is 6.04 Å². The Morgan fingerprint density at radius 2 is 2.07 bits per heavy atom. The van der Waals surface area contributed by atoms with Crippen molar-refractivity contribution in [3.63, 3.8) is 0 Å². The first-order valence-corrected chi connectivity index (χ1v) is 11.3. The smallest absolute Gasteiger partial charge is 0.244 e. The SMILES string of the molecule is Cn1ccnc1-c1sc(NC(=O)C2CC(c3cccs3)NN2)nc1-c1ccccc1. The quantitative estimate of drug-likeness (QED) is 0.443. The molecule has 1 aliphatic rings. The number of imidazole rings is 1. The number of nitrogens with zero attached hydrogens (tertiary/aromatic N) is 3. The molecule has 3 N–H and O–H groups in total. The number of thiophene rings is 1. The highest BCUT2D eigenvalue weighted by Gasteiger charge is 2.31. The standard InChI is InChI=1S/C21H20N6OS2/c1-27-10-9-22-19(27)18-17(13-6-3-2-4-7-13)23-21(30-18)24-20(28)15-12-14(25-26-15)16-8-5-11-29-16/h2-11,14-15,25-26H,12H2,1H3,(H,23,24,28).